The van der Waals surface area contributed by atoms with E-state index in [1.807, 2.05) is 0 Å². The summed E-state index contributed by atoms with van der Waals surface area (Å²) in [4.78, 5) is 22.5. The lowest BCUT2D eigenvalue weighted by Gasteiger charge is -2.20. The molecule has 0 spiro atoms. The van der Waals surface area contributed by atoms with E-state index in [0.717, 1.165) is 12.8 Å². The summed E-state index contributed by atoms with van der Waals surface area (Å²) in [5.74, 6) is -0.571. The van der Waals surface area contributed by atoms with Crippen molar-refractivity contribution in [1.29, 1.82) is 0 Å². The van der Waals surface area contributed by atoms with E-state index in [4.69, 9.17) is 9.84 Å². The Kier molecular flexibility index (Phi) is 2.61. The zero-order valence-corrected chi connectivity index (χ0v) is 8.94. The third-order valence-electron chi connectivity index (χ3n) is 3.60. The maximum atomic E-state index is 11.3. The minimum Gasteiger partial charge on any atom is -0.481 e. The number of nitrogens with one attached hydrogen (secondary N) is 1. The molecule has 5 heteroatoms. The van der Waals surface area contributed by atoms with Crippen LogP contribution in [0.5, 0.6) is 0 Å². The van der Waals surface area contributed by atoms with Gasteiger partial charge in [-0.3, -0.25) is 4.79 Å². The standard InChI is InChI=1S/C11H15NO4/c1-2-5-16-10(15)12-8-4-3-7-6-11(7,8)9(13)14/h2,7-8H,1,3-6H2,(H,12,15)(H,13,14). The van der Waals surface area contributed by atoms with E-state index in [0.29, 0.717) is 6.42 Å². The van der Waals surface area contributed by atoms with Gasteiger partial charge < -0.3 is 15.2 Å². The molecule has 2 fully saturated rings. The first-order chi connectivity index (χ1) is 7.61. The van der Waals surface area contributed by atoms with Crippen molar-refractivity contribution in [2.45, 2.75) is 25.3 Å². The number of carboxylic acids is 1. The Labute approximate surface area is 93.5 Å². The summed E-state index contributed by atoms with van der Waals surface area (Å²) in [5, 5.41) is 11.8. The lowest BCUT2D eigenvalue weighted by molar-refractivity contribution is -0.144. The van der Waals surface area contributed by atoms with Gasteiger partial charge in [-0.25, -0.2) is 4.79 Å². The van der Waals surface area contributed by atoms with Crippen LogP contribution in [-0.4, -0.2) is 29.8 Å². The largest absolute Gasteiger partial charge is 0.481 e. The van der Waals surface area contributed by atoms with Crippen LogP contribution in [0, 0.1) is 11.3 Å². The minimum atomic E-state index is -0.802. The van der Waals surface area contributed by atoms with E-state index in [-0.39, 0.29) is 18.6 Å². The second kappa shape index (κ2) is 3.81. The van der Waals surface area contributed by atoms with Crippen molar-refractivity contribution < 1.29 is 19.4 Å². The molecular formula is C11H15NO4. The molecule has 0 aliphatic heterocycles. The molecule has 2 N–H and O–H groups in total. The van der Waals surface area contributed by atoms with E-state index in [9.17, 15) is 9.59 Å². The summed E-state index contributed by atoms with van der Waals surface area (Å²) in [6.45, 7) is 3.57. The van der Waals surface area contributed by atoms with Crippen LogP contribution in [0.25, 0.3) is 0 Å². The van der Waals surface area contributed by atoms with Crippen molar-refractivity contribution in [2.75, 3.05) is 6.61 Å². The van der Waals surface area contributed by atoms with Crippen molar-refractivity contribution in [3.63, 3.8) is 0 Å². The summed E-state index contributed by atoms with van der Waals surface area (Å²) in [6, 6.07) is -0.285. The molecule has 0 aromatic rings. The molecule has 88 valence electrons. The van der Waals surface area contributed by atoms with Gasteiger partial charge in [0.1, 0.15) is 6.61 Å². The SMILES string of the molecule is C=CCOC(=O)NC1CCC2CC21C(=O)O. The molecule has 0 aromatic heterocycles. The summed E-state index contributed by atoms with van der Waals surface area (Å²) >= 11 is 0. The van der Waals surface area contributed by atoms with Gasteiger partial charge in [0.2, 0.25) is 0 Å². The Morgan fingerprint density at radius 2 is 2.31 bits per heavy atom. The molecule has 2 aliphatic carbocycles. The number of aliphatic carboxylic acids is 1. The molecule has 16 heavy (non-hydrogen) atoms. The molecular weight excluding hydrogens is 210 g/mol. The van der Waals surface area contributed by atoms with Gasteiger partial charge in [-0.2, -0.15) is 0 Å². The third kappa shape index (κ3) is 1.56. The van der Waals surface area contributed by atoms with Gasteiger partial charge in [0.25, 0.3) is 0 Å². The van der Waals surface area contributed by atoms with Crippen LogP contribution in [0.15, 0.2) is 12.7 Å². The molecule has 0 heterocycles. The molecule has 3 unspecified atom stereocenters. The molecule has 1 amide bonds. The fraction of sp³-hybridized carbons (Fsp3) is 0.636. The molecule has 2 aliphatic rings. The fourth-order valence-electron chi connectivity index (χ4n) is 2.69. The Hall–Kier alpha value is -1.52. The van der Waals surface area contributed by atoms with Gasteiger partial charge in [0.05, 0.1) is 5.41 Å². The highest BCUT2D eigenvalue weighted by molar-refractivity contribution is 5.82. The number of carbonyl (C=O) groups is 2. The molecule has 0 radical (unpaired) electrons. The van der Waals surface area contributed by atoms with E-state index in [1.54, 1.807) is 0 Å². The number of hydrogen-bond donors (Lipinski definition) is 2. The van der Waals surface area contributed by atoms with Crippen LogP contribution in [0.4, 0.5) is 4.79 Å². The second-order valence-corrected chi connectivity index (χ2v) is 4.41. The Balaban J connectivity index is 1.93. The molecule has 2 rings (SSSR count). The predicted octanol–water partition coefficient (Wildman–Crippen LogP) is 1.15. The summed E-state index contributed by atoms with van der Waals surface area (Å²) in [6.07, 6.45) is 3.19. The zero-order valence-electron chi connectivity index (χ0n) is 8.94. The number of fused-ring (bicyclic) bond motifs is 1. The first-order valence-electron chi connectivity index (χ1n) is 5.39. The number of rotatable bonds is 4. The second-order valence-electron chi connectivity index (χ2n) is 4.41. The van der Waals surface area contributed by atoms with E-state index >= 15 is 0 Å². The van der Waals surface area contributed by atoms with Gasteiger partial charge in [0.15, 0.2) is 0 Å². The highest BCUT2D eigenvalue weighted by atomic mass is 16.5. The average Bonchev–Trinajstić information content (AvgIpc) is 2.89. The maximum absolute atomic E-state index is 11.3. The third-order valence-corrected chi connectivity index (χ3v) is 3.60. The number of amides is 1. The maximum Gasteiger partial charge on any atom is 0.407 e. The number of hydrogen-bond acceptors (Lipinski definition) is 3. The summed E-state index contributed by atoms with van der Waals surface area (Å²) in [7, 11) is 0. The normalized spacial score (nSPS) is 35.0. The molecule has 3 atom stereocenters. The summed E-state index contributed by atoms with van der Waals surface area (Å²) < 4.78 is 4.78. The van der Waals surface area contributed by atoms with E-state index in [1.165, 1.54) is 6.08 Å². The predicted molar refractivity (Wildman–Crippen MR) is 55.9 cm³/mol. The Bertz CT molecular complexity index is 341. The Morgan fingerprint density at radius 1 is 1.56 bits per heavy atom. The molecule has 2 saturated carbocycles. The van der Waals surface area contributed by atoms with Crippen molar-refractivity contribution in [3.8, 4) is 0 Å². The van der Waals surface area contributed by atoms with Crippen molar-refractivity contribution in [1.82, 2.24) is 5.32 Å². The van der Waals surface area contributed by atoms with Crippen LogP contribution in [0.2, 0.25) is 0 Å². The van der Waals surface area contributed by atoms with Crippen LogP contribution < -0.4 is 5.32 Å². The Morgan fingerprint density at radius 3 is 2.88 bits per heavy atom. The summed E-state index contributed by atoms with van der Waals surface area (Å²) in [5.41, 5.74) is -0.715. The zero-order chi connectivity index (χ0) is 11.8. The van der Waals surface area contributed by atoms with Gasteiger partial charge in [-0.1, -0.05) is 12.7 Å². The van der Waals surface area contributed by atoms with Crippen LogP contribution in [0.1, 0.15) is 19.3 Å². The van der Waals surface area contributed by atoms with Gasteiger partial charge in [-0.05, 0) is 25.2 Å². The van der Waals surface area contributed by atoms with Crippen molar-refractivity contribution in [3.05, 3.63) is 12.7 Å². The van der Waals surface area contributed by atoms with Gasteiger partial charge in [0, 0.05) is 6.04 Å². The topological polar surface area (TPSA) is 75.6 Å². The molecule has 0 aromatic carbocycles. The monoisotopic (exact) mass is 225 g/mol. The van der Waals surface area contributed by atoms with E-state index in [2.05, 4.69) is 11.9 Å². The number of alkyl carbamates (subject to hydrolysis) is 1. The molecule has 5 nitrogen and oxygen atoms in total. The minimum absolute atomic E-state index is 0.141. The van der Waals surface area contributed by atoms with Gasteiger partial charge in [-0.15, -0.1) is 0 Å². The highest BCUT2D eigenvalue weighted by Gasteiger charge is 2.68. The lowest BCUT2D eigenvalue weighted by Crippen LogP contribution is -2.43. The average molecular weight is 225 g/mol. The van der Waals surface area contributed by atoms with Crippen molar-refractivity contribution >= 4 is 12.1 Å². The van der Waals surface area contributed by atoms with Crippen LogP contribution in [0.3, 0.4) is 0 Å². The number of ether oxygens (including phenoxy) is 1. The van der Waals surface area contributed by atoms with Crippen LogP contribution >= 0.6 is 0 Å². The first kappa shape index (κ1) is 11.0. The quantitative estimate of drug-likeness (QED) is 0.704. The van der Waals surface area contributed by atoms with Crippen LogP contribution in [-0.2, 0) is 9.53 Å². The fourth-order valence-corrected chi connectivity index (χ4v) is 2.69. The van der Waals surface area contributed by atoms with Crippen molar-refractivity contribution in [2.24, 2.45) is 11.3 Å². The molecule has 0 saturated heterocycles. The van der Waals surface area contributed by atoms with E-state index < -0.39 is 17.5 Å². The highest BCUT2D eigenvalue weighted by Crippen LogP contribution is 2.63. The molecule has 0 bridgehead atoms. The van der Waals surface area contributed by atoms with Gasteiger partial charge >= 0.3 is 12.1 Å². The smallest absolute Gasteiger partial charge is 0.407 e. The number of carboxylic acid groups (broad SMARTS) is 1. The first-order valence-corrected chi connectivity index (χ1v) is 5.39. The lowest BCUT2D eigenvalue weighted by atomic mass is 9.98. The number of carbonyl (C=O) groups excluding carboxylic acids is 1.